The number of aromatic nitrogens is 4. The van der Waals surface area contributed by atoms with Crippen molar-refractivity contribution < 1.29 is 4.79 Å². The van der Waals surface area contributed by atoms with Crippen molar-refractivity contribution >= 4 is 28.4 Å². The lowest BCUT2D eigenvalue weighted by molar-refractivity contribution is 0.0796. The number of likely N-dealkylation sites (N-methyl/N-ethyl adjacent to an activating group) is 1. The molecule has 144 valence electrons. The lowest BCUT2D eigenvalue weighted by Crippen LogP contribution is -2.29. The summed E-state index contributed by atoms with van der Waals surface area (Å²) < 4.78 is 0. The molecule has 0 spiro atoms. The molecule has 0 aliphatic heterocycles. The number of carbonyl (C=O) groups excluding carboxylic acids is 1. The minimum Gasteiger partial charge on any atom is -0.341 e. The summed E-state index contributed by atoms with van der Waals surface area (Å²) in [7, 11) is 1.78. The normalized spacial score (nSPS) is 10.7. The van der Waals surface area contributed by atoms with Gasteiger partial charge in [-0.3, -0.25) is 14.8 Å². The first kappa shape index (κ1) is 18.5. The second-order valence-electron chi connectivity index (χ2n) is 6.63. The lowest BCUT2D eigenvalue weighted by atomic mass is 10.2. The van der Waals surface area contributed by atoms with Crippen LogP contribution in [-0.4, -0.2) is 44.3 Å². The molecule has 7 heteroatoms. The van der Waals surface area contributed by atoms with Crippen LogP contribution in [0.5, 0.6) is 0 Å². The summed E-state index contributed by atoms with van der Waals surface area (Å²) >= 11 is 0. The Kier molecular flexibility index (Phi) is 5.38. The standard InChI is InChI=1S/C22H20N6O/c1-28(13-9-16-7-11-23-12-8-16)21(29)18-14-25-22(26-15-18)27-19-6-2-4-17-5-3-10-24-20(17)19/h2-8,10-12,14-15H,9,13H2,1H3,(H,25,26,27). The van der Waals surface area contributed by atoms with Crippen LogP contribution in [-0.2, 0) is 6.42 Å². The van der Waals surface area contributed by atoms with Crippen molar-refractivity contribution in [2.75, 3.05) is 18.9 Å². The second kappa shape index (κ2) is 8.43. The van der Waals surface area contributed by atoms with Gasteiger partial charge >= 0.3 is 0 Å². The van der Waals surface area contributed by atoms with Crippen LogP contribution < -0.4 is 5.32 Å². The summed E-state index contributed by atoms with van der Waals surface area (Å²) in [5, 5.41) is 4.20. The van der Waals surface area contributed by atoms with E-state index in [1.807, 2.05) is 42.5 Å². The first-order valence-corrected chi connectivity index (χ1v) is 9.28. The van der Waals surface area contributed by atoms with E-state index >= 15 is 0 Å². The number of rotatable bonds is 6. The molecule has 0 aliphatic carbocycles. The van der Waals surface area contributed by atoms with Gasteiger partial charge in [-0.15, -0.1) is 0 Å². The fourth-order valence-corrected chi connectivity index (χ4v) is 3.00. The Balaban J connectivity index is 1.42. The Morgan fingerprint density at radius 3 is 2.52 bits per heavy atom. The predicted molar refractivity (Wildman–Crippen MR) is 112 cm³/mol. The molecular weight excluding hydrogens is 364 g/mol. The maximum atomic E-state index is 12.6. The zero-order chi connectivity index (χ0) is 20.1. The molecule has 3 aromatic heterocycles. The van der Waals surface area contributed by atoms with Gasteiger partial charge in [0.25, 0.3) is 5.91 Å². The Morgan fingerprint density at radius 1 is 0.966 bits per heavy atom. The summed E-state index contributed by atoms with van der Waals surface area (Å²) in [4.78, 5) is 31.3. The summed E-state index contributed by atoms with van der Waals surface area (Å²) in [6.07, 6.45) is 9.10. The first-order chi connectivity index (χ1) is 14.2. The molecule has 0 saturated carbocycles. The molecule has 1 amide bonds. The van der Waals surface area contributed by atoms with Gasteiger partial charge in [-0.2, -0.15) is 0 Å². The van der Waals surface area contributed by atoms with E-state index in [4.69, 9.17) is 0 Å². The van der Waals surface area contributed by atoms with Gasteiger partial charge in [-0.1, -0.05) is 18.2 Å². The Morgan fingerprint density at radius 2 is 1.72 bits per heavy atom. The zero-order valence-electron chi connectivity index (χ0n) is 16.0. The Hall–Kier alpha value is -3.87. The monoisotopic (exact) mass is 384 g/mol. The molecular formula is C22H20N6O. The highest BCUT2D eigenvalue weighted by Crippen LogP contribution is 2.22. The number of para-hydroxylation sites is 1. The van der Waals surface area contributed by atoms with Crippen LogP contribution in [0, 0.1) is 0 Å². The molecule has 4 rings (SSSR count). The van der Waals surface area contributed by atoms with Crippen LogP contribution in [0.2, 0.25) is 0 Å². The molecule has 3 heterocycles. The quantitative estimate of drug-likeness (QED) is 0.548. The number of hydrogen-bond acceptors (Lipinski definition) is 6. The summed E-state index contributed by atoms with van der Waals surface area (Å²) in [5.74, 6) is 0.302. The van der Waals surface area contributed by atoms with Crippen molar-refractivity contribution in [1.82, 2.24) is 24.8 Å². The summed E-state index contributed by atoms with van der Waals surface area (Å²) in [6, 6.07) is 13.7. The maximum Gasteiger partial charge on any atom is 0.256 e. The first-order valence-electron chi connectivity index (χ1n) is 9.28. The van der Waals surface area contributed by atoms with Crippen LogP contribution >= 0.6 is 0 Å². The molecule has 0 bridgehead atoms. The molecule has 0 fully saturated rings. The van der Waals surface area contributed by atoms with Gasteiger partial charge < -0.3 is 10.2 Å². The van der Waals surface area contributed by atoms with Crippen LogP contribution in [0.3, 0.4) is 0 Å². The van der Waals surface area contributed by atoms with E-state index in [1.165, 1.54) is 0 Å². The summed E-state index contributed by atoms with van der Waals surface area (Å²) in [6.45, 7) is 0.602. The Bertz CT molecular complexity index is 1110. The fourth-order valence-electron chi connectivity index (χ4n) is 3.00. The third kappa shape index (κ3) is 4.35. The average Bonchev–Trinajstić information content (AvgIpc) is 2.78. The maximum absolute atomic E-state index is 12.6. The number of nitrogens with one attached hydrogen (secondary N) is 1. The van der Waals surface area contributed by atoms with Crippen LogP contribution in [0.4, 0.5) is 11.6 Å². The van der Waals surface area contributed by atoms with Gasteiger partial charge in [-0.25, -0.2) is 9.97 Å². The molecule has 1 N–H and O–H groups in total. The number of pyridine rings is 2. The van der Waals surface area contributed by atoms with Crippen LogP contribution in [0.15, 0.2) is 73.4 Å². The number of anilines is 2. The Labute approximate surface area is 168 Å². The predicted octanol–water partition coefficient (Wildman–Crippen LogP) is 3.48. The molecule has 0 radical (unpaired) electrons. The molecule has 7 nitrogen and oxygen atoms in total. The van der Waals surface area contributed by atoms with Gasteiger partial charge in [0.05, 0.1) is 16.8 Å². The van der Waals surface area contributed by atoms with Gasteiger partial charge in [-0.05, 0) is 36.2 Å². The largest absolute Gasteiger partial charge is 0.341 e. The van der Waals surface area contributed by atoms with Gasteiger partial charge in [0.2, 0.25) is 5.95 Å². The van der Waals surface area contributed by atoms with Crippen LogP contribution in [0.25, 0.3) is 10.9 Å². The zero-order valence-corrected chi connectivity index (χ0v) is 16.0. The van der Waals surface area contributed by atoms with Crippen molar-refractivity contribution in [3.8, 4) is 0 Å². The van der Waals surface area contributed by atoms with E-state index < -0.39 is 0 Å². The third-order valence-electron chi connectivity index (χ3n) is 4.61. The lowest BCUT2D eigenvalue weighted by Gasteiger charge is -2.17. The number of fused-ring (bicyclic) bond motifs is 1. The van der Waals surface area contributed by atoms with E-state index in [1.54, 1.807) is 42.9 Å². The number of amides is 1. The molecule has 1 aromatic carbocycles. The van der Waals surface area contributed by atoms with Crippen molar-refractivity contribution in [3.05, 3.63) is 84.6 Å². The number of nitrogens with zero attached hydrogens (tertiary/aromatic N) is 5. The van der Waals surface area contributed by atoms with Crippen LogP contribution in [0.1, 0.15) is 15.9 Å². The van der Waals surface area contributed by atoms with Gasteiger partial charge in [0.1, 0.15) is 0 Å². The van der Waals surface area contributed by atoms with Crippen molar-refractivity contribution in [3.63, 3.8) is 0 Å². The van der Waals surface area contributed by atoms with E-state index in [9.17, 15) is 4.79 Å². The summed E-state index contributed by atoms with van der Waals surface area (Å²) in [5.41, 5.74) is 3.24. The van der Waals surface area contributed by atoms with Crippen molar-refractivity contribution in [2.45, 2.75) is 6.42 Å². The average molecular weight is 384 g/mol. The molecule has 29 heavy (non-hydrogen) atoms. The van der Waals surface area contributed by atoms with E-state index in [-0.39, 0.29) is 5.91 Å². The number of carbonyl (C=O) groups is 1. The molecule has 0 atom stereocenters. The second-order valence-corrected chi connectivity index (χ2v) is 6.63. The number of benzene rings is 1. The molecule has 0 unspecified atom stereocenters. The van der Waals surface area contributed by atoms with Gasteiger partial charge in [0, 0.05) is 50.0 Å². The van der Waals surface area contributed by atoms with E-state index in [0.29, 0.717) is 18.1 Å². The minimum absolute atomic E-state index is 0.113. The highest BCUT2D eigenvalue weighted by Gasteiger charge is 2.13. The molecule has 0 aliphatic rings. The van der Waals surface area contributed by atoms with E-state index in [0.717, 1.165) is 28.6 Å². The fraction of sp³-hybridized carbons (Fsp3) is 0.136. The molecule has 0 saturated heterocycles. The van der Waals surface area contributed by atoms with Gasteiger partial charge in [0.15, 0.2) is 0 Å². The minimum atomic E-state index is -0.113. The SMILES string of the molecule is CN(CCc1ccncc1)C(=O)c1cnc(Nc2cccc3cccnc23)nc1. The van der Waals surface area contributed by atoms with Crippen molar-refractivity contribution in [2.24, 2.45) is 0 Å². The smallest absolute Gasteiger partial charge is 0.256 e. The topological polar surface area (TPSA) is 83.9 Å². The number of hydrogen-bond donors (Lipinski definition) is 1. The molecule has 4 aromatic rings. The van der Waals surface area contributed by atoms with Crippen molar-refractivity contribution in [1.29, 1.82) is 0 Å². The third-order valence-corrected chi connectivity index (χ3v) is 4.61. The highest BCUT2D eigenvalue weighted by molar-refractivity contribution is 5.94. The van der Waals surface area contributed by atoms with E-state index in [2.05, 4.69) is 25.3 Å². The highest BCUT2D eigenvalue weighted by atomic mass is 16.2.